The number of thioether (sulfide) groups is 1. The number of pyridine rings is 1. The molecule has 0 fully saturated rings. The standard InChI is InChI=1S/C14H7BrN4OS/c15-9-6-11-10(17-19-18-11)4-7(9)5-12-13(20)8-2-1-3-16-14(8)21-12/h1-6H,(H,17,18,19)/b12-5-. The minimum Gasteiger partial charge on any atom is -0.288 e. The number of aromatic nitrogens is 4. The van der Waals surface area contributed by atoms with Crippen LogP contribution in [0.5, 0.6) is 0 Å². The molecule has 2 aromatic heterocycles. The molecular weight excluding hydrogens is 352 g/mol. The number of rotatable bonds is 1. The monoisotopic (exact) mass is 358 g/mol. The minimum absolute atomic E-state index is 0.00949. The Morgan fingerprint density at radius 2 is 2.24 bits per heavy atom. The van der Waals surface area contributed by atoms with Gasteiger partial charge in [0.15, 0.2) is 0 Å². The summed E-state index contributed by atoms with van der Waals surface area (Å²) in [4.78, 5) is 17.2. The van der Waals surface area contributed by atoms with E-state index < -0.39 is 0 Å². The summed E-state index contributed by atoms with van der Waals surface area (Å²) in [5.74, 6) is 0.00949. The van der Waals surface area contributed by atoms with Crippen LogP contribution in [0.1, 0.15) is 15.9 Å². The molecule has 0 amide bonds. The Bertz CT molecular complexity index is 918. The molecule has 0 radical (unpaired) electrons. The van der Waals surface area contributed by atoms with E-state index in [4.69, 9.17) is 0 Å². The van der Waals surface area contributed by atoms with E-state index in [1.807, 2.05) is 18.2 Å². The molecule has 102 valence electrons. The third-order valence-electron chi connectivity index (χ3n) is 3.18. The van der Waals surface area contributed by atoms with Gasteiger partial charge in [0.2, 0.25) is 5.78 Å². The SMILES string of the molecule is O=C1/C(=C/c2cc3nn[nH]c3cc2Br)Sc2ncccc21. The molecule has 1 aliphatic rings. The molecule has 0 spiro atoms. The van der Waals surface area contributed by atoms with E-state index in [2.05, 4.69) is 36.3 Å². The van der Waals surface area contributed by atoms with Crippen LogP contribution < -0.4 is 0 Å². The zero-order valence-electron chi connectivity index (χ0n) is 10.5. The predicted molar refractivity (Wildman–Crippen MR) is 84.0 cm³/mol. The molecule has 0 unspecified atom stereocenters. The maximum absolute atomic E-state index is 12.3. The number of fused-ring (bicyclic) bond motifs is 2. The van der Waals surface area contributed by atoms with E-state index in [1.165, 1.54) is 11.8 Å². The highest BCUT2D eigenvalue weighted by Gasteiger charge is 2.26. The van der Waals surface area contributed by atoms with Crippen molar-refractivity contribution < 1.29 is 4.79 Å². The Morgan fingerprint density at radius 3 is 3.10 bits per heavy atom. The topological polar surface area (TPSA) is 71.5 Å². The molecule has 0 atom stereocenters. The van der Waals surface area contributed by atoms with Crippen molar-refractivity contribution >= 4 is 50.6 Å². The Hall–Kier alpha value is -1.99. The fourth-order valence-corrected chi connectivity index (χ4v) is 3.60. The van der Waals surface area contributed by atoms with Gasteiger partial charge in [-0.15, -0.1) is 5.10 Å². The van der Waals surface area contributed by atoms with Crippen molar-refractivity contribution in [3.8, 4) is 0 Å². The zero-order valence-corrected chi connectivity index (χ0v) is 12.9. The summed E-state index contributed by atoms with van der Waals surface area (Å²) in [6, 6.07) is 7.36. The highest BCUT2D eigenvalue weighted by atomic mass is 79.9. The Labute approximate surface area is 132 Å². The van der Waals surface area contributed by atoms with Crippen LogP contribution in [0.2, 0.25) is 0 Å². The van der Waals surface area contributed by atoms with Gasteiger partial charge in [-0.1, -0.05) is 32.9 Å². The van der Waals surface area contributed by atoms with Gasteiger partial charge in [0.25, 0.3) is 0 Å². The highest BCUT2D eigenvalue weighted by Crippen LogP contribution is 2.40. The lowest BCUT2D eigenvalue weighted by molar-refractivity contribution is 0.104. The summed E-state index contributed by atoms with van der Waals surface area (Å²) < 4.78 is 0.880. The van der Waals surface area contributed by atoms with Crippen LogP contribution in [0.4, 0.5) is 0 Å². The molecule has 0 aliphatic carbocycles. The number of aromatic amines is 1. The first kappa shape index (κ1) is 12.7. The minimum atomic E-state index is 0.00949. The van der Waals surface area contributed by atoms with Crippen LogP contribution in [-0.4, -0.2) is 26.2 Å². The van der Waals surface area contributed by atoms with Crippen molar-refractivity contribution in [1.29, 1.82) is 0 Å². The number of benzene rings is 1. The summed E-state index contributed by atoms with van der Waals surface area (Å²) in [6.07, 6.45) is 3.55. The van der Waals surface area contributed by atoms with Crippen LogP contribution in [0.15, 0.2) is 44.9 Å². The van der Waals surface area contributed by atoms with Gasteiger partial charge in [0.05, 0.1) is 16.0 Å². The van der Waals surface area contributed by atoms with Crippen LogP contribution in [0.25, 0.3) is 17.1 Å². The summed E-state index contributed by atoms with van der Waals surface area (Å²) in [7, 11) is 0. The fraction of sp³-hybridized carbons (Fsp3) is 0. The molecule has 0 saturated heterocycles. The lowest BCUT2D eigenvalue weighted by Crippen LogP contribution is -1.94. The third-order valence-corrected chi connectivity index (χ3v) is 4.90. The van der Waals surface area contributed by atoms with Gasteiger partial charge < -0.3 is 0 Å². The first-order chi connectivity index (χ1) is 10.2. The Kier molecular flexibility index (Phi) is 2.90. The number of hydrogen-bond acceptors (Lipinski definition) is 5. The third kappa shape index (κ3) is 2.09. The van der Waals surface area contributed by atoms with Crippen molar-refractivity contribution in [2.75, 3.05) is 0 Å². The van der Waals surface area contributed by atoms with Crippen molar-refractivity contribution in [3.63, 3.8) is 0 Å². The van der Waals surface area contributed by atoms with Gasteiger partial charge in [-0.25, -0.2) is 4.98 Å². The largest absolute Gasteiger partial charge is 0.288 e. The predicted octanol–water partition coefficient (Wildman–Crippen LogP) is 3.44. The first-order valence-electron chi connectivity index (χ1n) is 6.12. The van der Waals surface area contributed by atoms with Gasteiger partial charge in [0.1, 0.15) is 10.5 Å². The second kappa shape index (κ2) is 4.78. The quantitative estimate of drug-likeness (QED) is 0.674. The van der Waals surface area contributed by atoms with E-state index in [9.17, 15) is 4.79 Å². The van der Waals surface area contributed by atoms with Crippen LogP contribution in [0, 0.1) is 0 Å². The summed E-state index contributed by atoms with van der Waals surface area (Å²) >= 11 is 4.90. The molecule has 5 nitrogen and oxygen atoms in total. The van der Waals surface area contributed by atoms with Crippen molar-refractivity contribution in [3.05, 3.63) is 51.0 Å². The van der Waals surface area contributed by atoms with Gasteiger partial charge in [-0.05, 0) is 35.9 Å². The van der Waals surface area contributed by atoms with Crippen LogP contribution in [0.3, 0.4) is 0 Å². The highest BCUT2D eigenvalue weighted by molar-refractivity contribution is 9.10. The van der Waals surface area contributed by atoms with Crippen LogP contribution >= 0.6 is 27.7 Å². The second-order valence-electron chi connectivity index (χ2n) is 4.50. The van der Waals surface area contributed by atoms with Crippen molar-refractivity contribution in [1.82, 2.24) is 20.4 Å². The fourth-order valence-electron chi connectivity index (χ4n) is 2.16. The number of H-pyrrole nitrogens is 1. The normalized spacial score (nSPS) is 15.9. The first-order valence-corrected chi connectivity index (χ1v) is 7.73. The maximum Gasteiger partial charge on any atom is 0.202 e. The summed E-state index contributed by atoms with van der Waals surface area (Å²) in [5, 5.41) is 11.3. The van der Waals surface area contributed by atoms with Gasteiger partial charge in [-0.2, -0.15) is 0 Å². The number of nitrogens with one attached hydrogen (secondary N) is 1. The summed E-state index contributed by atoms with van der Waals surface area (Å²) in [5.41, 5.74) is 3.16. The molecule has 7 heteroatoms. The number of halogens is 1. The van der Waals surface area contributed by atoms with E-state index >= 15 is 0 Å². The number of allylic oxidation sites excluding steroid dienone is 1. The molecule has 21 heavy (non-hydrogen) atoms. The molecule has 1 aliphatic heterocycles. The van der Waals surface area contributed by atoms with Gasteiger partial charge in [0, 0.05) is 10.7 Å². The number of carbonyl (C=O) groups is 1. The van der Waals surface area contributed by atoms with E-state index in [-0.39, 0.29) is 5.78 Å². The molecule has 3 heterocycles. The molecule has 0 bridgehead atoms. The molecule has 1 N–H and O–H groups in total. The number of ketones is 1. The number of hydrogen-bond donors (Lipinski definition) is 1. The number of carbonyl (C=O) groups excluding carboxylic acids is 1. The molecule has 0 saturated carbocycles. The molecular formula is C14H7BrN4OS. The zero-order chi connectivity index (χ0) is 14.4. The second-order valence-corrected chi connectivity index (χ2v) is 6.38. The van der Waals surface area contributed by atoms with Crippen molar-refractivity contribution in [2.24, 2.45) is 0 Å². The Balaban J connectivity index is 1.81. The van der Waals surface area contributed by atoms with E-state index in [1.54, 1.807) is 18.3 Å². The lowest BCUT2D eigenvalue weighted by Gasteiger charge is -2.00. The smallest absolute Gasteiger partial charge is 0.202 e. The number of nitrogens with zero attached hydrogens (tertiary/aromatic N) is 3. The van der Waals surface area contributed by atoms with E-state index in [0.717, 1.165) is 26.1 Å². The molecule has 3 aromatic rings. The lowest BCUT2D eigenvalue weighted by atomic mass is 10.1. The maximum atomic E-state index is 12.3. The van der Waals surface area contributed by atoms with Gasteiger partial charge >= 0.3 is 0 Å². The van der Waals surface area contributed by atoms with Crippen molar-refractivity contribution in [2.45, 2.75) is 5.03 Å². The molecule has 4 rings (SSSR count). The van der Waals surface area contributed by atoms with Crippen LogP contribution in [-0.2, 0) is 0 Å². The number of Topliss-reactive ketones (excluding diaryl/α,β-unsaturated/α-hetero) is 1. The average Bonchev–Trinajstić information content (AvgIpc) is 3.05. The Morgan fingerprint density at radius 1 is 1.33 bits per heavy atom. The van der Waals surface area contributed by atoms with Gasteiger partial charge in [-0.3, -0.25) is 9.89 Å². The molecule has 1 aromatic carbocycles. The summed E-state index contributed by atoms with van der Waals surface area (Å²) in [6.45, 7) is 0. The van der Waals surface area contributed by atoms with E-state index in [0.29, 0.717) is 10.5 Å². The average molecular weight is 359 g/mol.